The molecular weight excluding hydrogens is 368 g/mol. The molecule has 4 aliphatic rings. The van der Waals surface area contributed by atoms with Crippen LogP contribution in [0.25, 0.3) is 0 Å². The van der Waals surface area contributed by atoms with Gasteiger partial charge in [0.2, 0.25) is 0 Å². The summed E-state index contributed by atoms with van der Waals surface area (Å²) in [6.07, 6.45) is 12.4. The zero-order chi connectivity index (χ0) is 20.8. The van der Waals surface area contributed by atoms with Crippen molar-refractivity contribution in [1.82, 2.24) is 0 Å². The lowest BCUT2D eigenvalue weighted by molar-refractivity contribution is -0.147. The number of carbonyl (C=O) groups excluding carboxylic acids is 1. The number of hydrogen-bond donors (Lipinski definition) is 0. The molecule has 2 nitrogen and oxygen atoms in total. The van der Waals surface area contributed by atoms with E-state index in [4.69, 9.17) is 4.74 Å². The molecule has 1 aromatic carbocycles. The van der Waals surface area contributed by atoms with Gasteiger partial charge in [-0.05, 0) is 92.6 Å². The molecule has 0 spiro atoms. The van der Waals surface area contributed by atoms with Crippen LogP contribution in [-0.2, 0) is 9.53 Å². The van der Waals surface area contributed by atoms with Gasteiger partial charge in [0.1, 0.15) is 6.10 Å². The molecule has 0 unspecified atom stereocenters. The third-order valence-corrected chi connectivity index (χ3v) is 9.56. The molecule has 3 fully saturated rings. The van der Waals surface area contributed by atoms with Crippen molar-refractivity contribution < 1.29 is 9.53 Å². The summed E-state index contributed by atoms with van der Waals surface area (Å²) < 4.78 is 5.37. The predicted molar refractivity (Wildman–Crippen MR) is 119 cm³/mol. The number of hydrogen-bond acceptors (Lipinski definition) is 2. The van der Waals surface area contributed by atoms with Crippen LogP contribution in [0.3, 0.4) is 0 Å². The fourth-order valence-corrected chi connectivity index (χ4v) is 7.84. The smallest absolute Gasteiger partial charge is 0.293 e. The summed E-state index contributed by atoms with van der Waals surface area (Å²) >= 11 is 0. The summed E-state index contributed by atoms with van der Waals surface area (Å²) in [7, 11) is 0. The van der Waals surface area contributed by atoms with Crippen molar-refractivity contribution in [2.24, 2.45) is 34.5 Å². The van der Waals surface area contributed by atoms with Crippen LogP contribution in [0.1, 0.15) is 70.8 Å². The number of allylic oxidation sites excluding steroid dienone is 2. The van der Waals surface area contributed by atoms with E-state index < -0.39 is 0 Å². The fourth-order valence-electron chi connectivity index (χ4n) is 7.84. The van der Waals surface area contributed by atoms with E-state index in [1.807, 2.05) is 6.07 Å². The van der Waals surface area contributed by atoms with Gasteiger partial charge in [-0.15, -0.1) is 0 Å². The molecule has 0 aliphatic heterocycles. The van der Waals surface area contributed by atoms with Crippen molar-refractivity contribution in [3.63, 3.8) is 0 Å². The number of carbonyl (C=O) groups is 1. The Labute approximate surface area is 181 Å². The minimum atomic E-state index is 0.152. The van der Waals surface area contributed by atoms with Crippen LogP contribution < -0.4 is 0 Å². The highest BCUT2D eigenvalue weighted by molar-refractivity contribution is 5.45. The molecule has 0 saturated heterocycles. The van der Waals surface area contributed by atoms with Crippen molar-refractivity contribution in [3.8, 4) is 11.8 Å². The van der Waals surface area contributed by atoms with Crippen LogP contribution in [0.15, 0.2) is 42.0 Å². The Morgan fingerprint density at radius 1 is 1.00 bits per heavy atom. The Morgan fingerprint density at radius 3 is 2.63 bits per heavy atom. The number of fused-ring (bicyclic) bond motifs is 5. The number of rotatable bonds is 2. The van der Waals surface area contributed by atoms with Crippen molar-refractivity contribution in [2.45, 2.75) is 71.3 Å². The van der Waals surface area contributed by atoms with Gasteiger partial charge in [-0.1, -0.05) is 50.0 Å². The fraction of sp³-hybridized carbons (Fsp3) is 0.607. The summed E-state index contributed by atoms with van der Waals surface area (Å²) in [6, 6.07) is 10.4. The van der Waals surface area contributed by atoms with Gasteiger partial charge < -0.3 is 4.74 Å². The van der Waals surface area contributed by atoms with E-state index in [1.165, 1.54) is 44.1 Å². The monoisotopic (exact) mass is 402 g/mol. The van der Waals surface area contributed by atoms with Gasteiger partial charge in [-0.2, -0.15) is 0 Å². The first kappa shape index (κ1) is 19.9. The van der Waals surface area contributed by atoms with Crippen molar-refractivity contribution >= 4 is 6.47 Å². The first-order chi connectivity index (χ1) is 14.5. The van der Waals surface area contributed by atoms with E-state index in [0.29, 0.717) is 17.8 Å². The maximum atomic E-state index is 10.8. The van der Waals surface area contributed by atoms with E-state index in [0.717, 1.165) is 36.2 Å². The molecule has 1 aromatic rings. The van der Waals surface area contributed by atoms with Crippen LogP contribution in [0, 0.1) is 46.3 Å². The summed E-state index contributed by atoms with van der Waals surface area (Å²) in [5, 5.41) is 0. The molecule has 0 radical (unpaired) electrons. The topological polar surface area (TPSA) is 26.3 Å². The van der Waals surface area contributed by atoms with Gasteiger partial charge in [0.05, 0.1) is 0 Å². The number of benzene rings is 1. The number of ether oxygens (including phenoxy) is 1. The second kappa shape index (κ2) is 7.60. The molecular formula is C28H34O2. The van der Waals surface area contributed by atoms with E-state index in [2.05, 4.69) is 56.0 Å². The van der Waals surface area contributed by atoms with Gasteiger partial charge in [0.15, 0.2) is 0 Å². The maximum absolute atomic E-state index is 10.8. The van der Waals surface area contributed by atoms with Crippen LogP contribution in [-0.4, -0.2) is 12.6 Å². The average Bonchev–Trinajstić information content (AvgIpc) is 3.10. The van der Waals surface area contributed by atoms with Crippen LogP contribution in [0.2, 0.25) is 0 Å². The largest absolute Gasteiger partial charge is 0.465 e. The van der Waals surface area contributed by atoms with Crippen LogP contribution in [0.4, 0.5) is 0 Å². The predicted octanol–water partition coefficient (Wildman–Crippen LogP) is 6.16. The molecule has 2 heteroatoms. The zero-order valence-electron chi connectivity index (χ0n) is 18.4. The van der Waals surface area contributed by atoms with Crippen molar-refractivity contribution in [3.05, 3.63) is 47.5 Å². The van der Waals surface area contributed by atoms with Gasteiger partial charge in [0, 0.05) is 16.6 Å². The van der Waals surface area contributed by atoms with E-state index in [1.54, 1.807) is 0 Å². The molecule has 30 heavy (non-hydrogen) atoms. The normalized spacial score (nSPS) is 41.9. The average molecular weight is 403 g/mol. The molecule has 7 atom stereocenters. The van der Waals surface area contributed by atoms with Crippen molar-refractivity contribution in [2.75, 3.05) is 0 Å². The Bertz CT molecular complexity index is 890. The van der Waals surface area contributed by atoms with E-state index >= 15 is 0 Å². The zero-order valence-corrected chi connectivity index (χ0v) is 18.4. The Morgan fingerprint density at radius 2 is 1.83 bits per heavy atom. The van der Waals surface area contributed by atoms with Gasteiger partial charge in [0.25, 0.3) is 6.47 Å². The second-order valence-corrected chi connectivity index (χ2v) is 10.7. The lowest BCUT2D eigenvalue weighted by Gasteiger charge is -2.60. The highest BCUT2D eigenvalue weighted by atomic mass is 16.5. The standard InChI is InChI=1S/C28H34O2/c1-27-17-15-26-24(12-10-22-18-23(30-19-29)14-16-28(22,26)2)25(27)13-11-21(27)9-8-20-6-4-3-5-7-20/h3-7,11,19,22-26H,10,12-18H2,1-2H3/t22-,23+,24+,25+,26-,27+,28-/m0/s1. The third kappa shape index (κ3) is 3.13. The Balaban J connectivity index is 1.35. The molecule has 0 N–H and O–H groups in total. The SMILES string of the molecule is C[C@]12CC[C@@H](OC=O)C[C@@H]1CC[C@@H]1[C@H]3CC=C(C#Cc4ccccc4)[C@@]3(C)CC[C@@H]12. The third-order valence-electron chi connectivity index (χ3n) is 9.56. The molecule has 0 amide bonds. The molecule has 5 rings (SSSR count). The molecule has 158 valence electrons. The van der Waals surface area contributed by atoms with Gasteiger partial charge in [-0.25, -0.2) is 0 Å². The second-order valence-electron chi connectivity index (χ2n) is 10.7. The van der Waals surface area contributed by atoms with Crippen molar-refractivity contribution in [1.29, 1.82) is 0 Å². The van der Waals surface area contributed by atoms with Gasteiger partial charge in [-0.3, -0.25) is 4.79 Å². The van der Waals surface area contributed by atoms with Crippen LogP contribution >= 0.6 is 0 Å². The summed E-state index contributed by atoms with van der Waals surface area (Å²) in [5.74, 6) is 10.1. The molecule has 4 aliphatic carbocycles. The highest BCUT2D eigenvalue weighted by Crippen LogP contribution is 2.66. The van der Waals surface area contributed by atoms with E-state index in [9.17, 15) is 4.79 Å². The first-order valence-electron chi connectivity index (χ1n) is 11.9. The van der Waals surface area contributed by atoms with Crippen LogP contribution in [0.5, 0.6) is 0 Å². The summed E-state index contributed by atoms with van der Waals surface area (Å²) in [4.78, 5) is 10.8. The van der Waals surface area contributed by atoms with Gasteiger partial charge >= 0.3 is 0 Å². The quantitative estimate of drug-likeness (QED) is 0.437. The Kier molecular flexibility index (Phi) is 5.04. The summed E-state index contributed by atoms with van der Waals surface area (Å²) in [5.41, 5.74) is 3.18. The molecule has 0 aromatic heterocycles. The minimum Gasteiger partial charge on any atom is -0.465 e. The maximum Gasteiger partial charge on any atom is 0.293 e. The molecule has 0 heterocycles. The highest BCUT2D eigenvalue weighted by Gasteiger charge is 2.58. The first-order valence-corrected chi connectivity index (χ1v) is 11.9. The van der Waals surface area contributed by atoms with E-state index in [-0.39, 0.29) is 11.5 Å². The Hall–Kier alpha value is -2.01. The molecule has 3 saturated carbocycles. The minimum absolute atomic E-state index is 0.152. The lowest BCUT2D eigenvalue weighted by atomic mass is 9.44. The summed E-state index contributed by atoms with van der Waals surface area (Å²) in [6.45, 7) is 5.72. The lowest BCUT2D eigenvalue weighted by Crippen LogP contribution is -2.53. The molecule has 0 bridgehead atoms.